The molecule has 1 amide bonds. The molecule has 0 radical (unpaired) electrons. The SMILES string of the molecule is Cc1noc(C)c1-c1ccc2c(c1)nc(C[C@@H]1CCCC(=O)N1c1ccc(Cl)c(Cl)c1)n2C1CCC(C)(O)CC1. The predicted molar refractivity (Wildman–Crippen MR) is 158 cm³/mol. The van der Waals surface area contributed by atoms with E-state index in [1.165, 1.54) is 0 Å². The molecule has 4 aromatic rings. The molecule has 7 nitrogen and oxygen atoms in total. The van der Waals surface area contributed by atoms with E-state index in [1.54, 1.807) is 12.1 Å². The molecule has 1 saturated heterocycles. The van der Waals surface area contributed by atoms with Crippen molar-refractivity contribution in [2.24, 2.45) is 0 Å². The highest BCUT2D eigenvalue weighted by Gasteiger charge is 2.34. The lowest BCUT2D eigenvalue weighted by Crippen LogP contribution is -2.45. The van der Waals surface area contributed by atoms with Gasteiger partial charge in [-0.25, -0.2) is 4.98 Å². The third-order valence-electron chi connectivity index (χ3n) is 8.64. The van der Waals surface area contributed by atoms with Crippen LogP contribution in [-0.2, 0) is 11.2 Å². The normalized spacial score (nSPS) is 23.8. The van der Waals surface area contributed by atoms with Crippen LogP contribution in [0.15, 0.2) is 40.9 Å². The van der Waals surface area contributed by atoms with E-state index < -0.39 is 5.60 Å². The molecule has 3 heterocycles. The van der Waals surface area contributed by atoms with Crippen molar-refractivity contribution in [2.45, 2.75) is 89.8 Å². The monoisotopic (exact) mass is 580 g/mol. The summed E-state index contributed by atoms with van der Waals surface area (Å²) in [6.07, 6.45) is 6.06. The second-order valence-corrected chi connectivity index (χ2v) is 12.5. The summed E-state index contributed by atoms with van der Waals surface area (Å²) in [7, 11) is 0. The molecule has 40 heavy (non-hydrogen) atoms. The predicted octanol–water partition coefficient (Wildman–Crippen LogP) is 7.61. The van der Waals surface area contributed by atoms with Crippen LogP contribution in [0.25, 0.3) is 22.2 Å². The largest absolute Gasteiger partial charge is 0.390 e. The zero-order valence-corrected chi connectivity index (χ0v) is 24.6. The number of aryl methyl sites for hydroxylation is 2. The van der Waals surface area contributed by atoms with Gasteiger partial charge in [0.1, 0.15) is 11.6 Å². The third-order valence-corrected chi connectivity index (χ3v) is 9.38. The van der Waals surface area contributed by atoms with Crippen molar-refractivity contribution >= 4 is 45.8 Å². The van der Waals surface area contributed by atoms with E-state index >= 15 is 0 Å². The molecule has 2 aromatic heterocycles. The number of aliphatic hydroxyl groups is 1. The number of carbonyl (C=O) groups is 1. The summed E-state index contributed by atoms with van der Waals surface area (Å²) in [5, 5.41) is 15.7. The van der Waals surface area contributed by atoms with Gasteiger partial charge < -0.3 is 19.1 Å². The van der Waals surface area contributed by atoms with E-state index in [0.717, 1.165) is 83.7 Å². The molecule has 2 aliphatic rings. The van der Waals surface area contributed by atoms with Crippen LogP contribution >= 0.6 is 23.2 Å². The first-order chi connectivity index (χ1) is 19.1. The van der Waals surface area contributed by atoms with Crippen LogP contribution < -0.4 is 4.90 Å². The fraction of sp³-hybridized carbons (Fsp3) is 0.452. The lowest BCUT2D eigenvalue weighted by Gasteiger charge is -2.37. The lowest BCUT2D eigenvalue weighted by molar-refractivity contribution is -0.120. The molecular formula is C31H34Cl2N4O3. The molecule has 1 aliphatic heterocycles. The van der Waals surface area contributed by atoms with Crippen LogP contribution in [0.4, 0.5) is 5.69 Å². The number of piperidine rings is 1. The summed E-state index contributed by atoms with van der Waals surface area (Å²) in [5.41, 5.74) is 4.98. The zero-order valence-electron chi connectivity index (χ0n) is 23.1. The number of hydrogen-bond donors (Lipinski definition) is 1. The number of halogens is 2. The van der Waals surface area contributed by atoms with Crippen LogP contribution in [0.5, 0.6) is 0 Å². The van der Waals surface area contributed by atoms with E-state index in [0.29, 0.717) is 22.9 Å². The molecule has 0 spiro atoms. The van der Waals surface area contributed by atoms with Gasteiger partial charge in [-0.3, -0.25) is 4.79 Å². The van der Waals surface area contributed by atoms with Crippen molar-refractivity contribution in [3.8, 4) is 11.1 Å². The Labute approximate surface area is 244 Å². The van der Waals surface area contributed by atoms with Crippen LogP contribution in [0, 0.1) is 13.8 Å². The molecule has 210 valence electrons. The Kier molecular flexibility index (Phi) is 7.18. The van der Waals surface area contributed by atoms with Crippen molar-refractivity contribution in [3.63, 3.8) is 0 Å². The maximum atomic E-state index is 13.2. The van der Waals surface area contributed by atoms with Crippen LogP contribution in [0.1, 0.15) is 75.2 Å². The molecule has 9 heteroatoms. The second kappa shape index (κ2) is 10.5. The summed E-state index contributed by atoms with van der Waals surface area (Å²) in [6, 6.07) is 11.9. The maximum absolute atomic E-state index is 13.2. The fourth-order valence-electron chi connectivity index (χ4n) is 6.57. The highest BCUT2D eigenvalue weighted by Crippen LogP contribution is 2.40. The minimum atomic E-state index is -0.635. The lowest BCUT2D eigenvalue weighted by atomic mass is 9.83. The van der Waals surface area contributed by atoms with E-state index in [1.807, 2.05) is 31.7 Å². The Hall–Kier alpha value is -2.87. The number of aromatic nitrogens is 3. The number of carbonyl (C=O) groups excluding carboxylic acids is 1. The van der Waals surface area contributed by atoms with E-state index in [-0.39, 0.29) is 18.0 Å². The van der Waals surface area contributed by atoms with E-state index in [4.69, 9.17) is 32.7 Å². The molecule has 0 unspecified atom stereocenters. The second-order valence-electron chi connectivity index (χ2n) is 11.6. The average Bonchev–Trinajstić information content (AvgIpc) is 3.44. The fourth-order valence-corrected chi connectivity index (χ4v) is 6.86. The molecule has 2 aromatic carbocycles. The number of amides is 1. The van der Waals surface area contributed by atoms with Gasteiger partial charge in [0.25, 0.3) is 0 Å². The zero-order chi connectivity index (χ0) is 28.2. The Balaban J connectivity index is 1.42. The minimum Gasteiger partial charge on any atom is -0.390 e. The highest BCUT2D eigenvalue weighted by atomic mass is 35.5. The molecule has 2 fully saturated rings. The summed E-state index contributed by atoms with van der Waals surface area (Å²) in [6.45, 7) is 5.80. The Bertz CT molecular complexity index is 1560. The molecule has 1 N–H and O–H groups in total. The minimum absolute atomic E-state index is 0.0530. The van der Waals surface area contributed by atoms with Gasteiger partial charge >= 0.3 is 0 Å². The van der Waals surface area contributed by atoms with Gasteiger partial charge in [-0.1, -0.05) is 34.4 Å². The average molecular weight is 582 g/mol. The van der Waals surface area contributed by atoms with Gasteiger partial charge in [-0.05, 0) is 95.2 Å². The van der Waals surface area contributed by atoms with Crippen LogP contribution in [0.2, 0.25) is 10.0 Å². The highest BCUT2D eigenvalue weighted by molar-refractivity contribution is 6.42. The maximum Gasteiger partial charge on any atom is 0.227 e. The van der Waals surface area contributed by atoms with Gasteiger partial charge in [-0.2, -0.15) is 0 Å². The van der Waals surface area contributed by atoms with Gasteiger partial charge in [0, 0.05) is 36.2 Å². The number of benzene rings is 2. The van der Waals surface area contributed by atoms with Gasteiger partial charge in [-0.15, -0.1) is 0 Å². The first-order valence-corrected chi connectivity index (χ1v) is 14.8. The summed E-state index contributed by atoms with van der Waals surface area (Å²) < 4.78 is 7.80. The van der Waals surface area contributed by atoms with E-state index in [9.17, 15) is 9.90 Å². The van der Waals surface area contributed by atoms with Crippen molar-refractivity contribution in [3.05, 3.63) is 63.7 Å². The van der Waals surface area contributed by atoms with Gasteiger partial charge in [0.05, 0.1) is 32.4 Å². The Morgan fingerprint density at radius 3 is 2.55 bits per heavy atom. The number of anilines is 1. The van der Waals surface area contributed by atoms with Crippen molar-refractivity contribution in [1.82, 2.24) is 14.7 Å². The summed E-state index contributed by atoms with van der Waals surface area (Å²) in [4.78, 5) is 20.3. The van der Waals surface area contributed by atoms with Crippen molar-refractivity contribution < 1.29 is 14.4 Å². The standard InChI is InChI=1S/C31H34Cl2N4O3/c1-18-30(19(2)40-35-18)20-7-10-27-26(15-20)34-28(37(27)21-11-13-31(3,39)14-12-21)17-22-5-4-6-29(38)36(22)23-8-9-24(32)25(33)16-23/h7-10,15-16,21-22,39H,4-6,11-14,17H2,1-3H3/t21?,22-,31?/m0/s1. The molecule has 6 rings (SSSR count). The number of hydrogen-bond acceptors (Lipinski definition) is 5. The molecule has 1 atom stereocenters. The summed E-state index contributed by atoms with van der Waals surface area (Å²) in [5.74, 6) is 1.83. The number of nitrogens with zero attached hydrogens (tertiary/aromatic N) is 4. The molecule has 1 saturated carbocycles. The number of rotatable bonds is 5. The molecule has 1 aliphatic carbocycles. The third kappa shape index (κ3) is 5.04. The molecular weight excluding hydrogens is 547 g/mol. The first-order valence-electron chi connectivity index (χ1n) is 14.0. The summed E-state index contributed by atoms with van der Waals surface area (Å²) >= 11 is 12.5. The first kappa shape index (κ1) is 27.3. The van der Waals surface area contributed by atoms with E-state index in [2.05, 4.69) is 27.9 Å². The number of fused-ring (bicyclic) bond motifs is 1. The van der Waals surface area contributed by atoms with Gasteiger partial charge in [0.2, 0.25) is 5.91 Å². The Morgan fingerprint density at radius 2 is 1.85 bits per heavy atom. The van der Waals surface area contributed by atoms with Gasteiger partial charge in [0.15, 0.2) is 0 Å². The smallest absolute Gasteiger partial charge is 0.227 e. The van der Waals surface area contributed by atoms with Crippen molar-refractivity contribution in [1.29, 1.82) is 0 Å². The van der Waals surface area contributed by atoms with Crippen molar-refractivity contribution in [2.75, 3.05) is 4.90 Å². The topological polar surface area (TPSA) is 84.4 Å². The van der Waals surface area contributed by atoms with Crippen LogP contribution in [-0.4, -0.2) is 37.4 Å². The molecule has 0 bridgehead atoms. The van der Waals surface area contributed by atoms with Crippen LogP contribution in [0.3, 0.4) is 0 Å². The quantitative estimate of drug-likeness (QED) is 0.262. The Morgan fingerprint density at radius 1 is 1.07 bits per heavy atom. The number of imidazole rings is 1.